The Bertz CT molecular complexity index is 144. The minimum Gasteiger partial charge on any atom is -0.457 e. The van der Waals surface area contributed by atoms with E-state index in [1.54, 1.807) is 12.5 Å². The van der Waals surface area contributed by atoms with Gasteiger partial charge < -0.3 is 9.47 Å². The van der Waals surface area contributed by atoms with E-state index in [2.05, 4.69) is 13.8 Å². The maximum absolute atomic E-state index is 5.43. The molecule has 1 heterocycles. The summed E-state index contributed by atoms with van der Waals surface area (Å²) in [4.78, 5) is 0. The second kappa shape index (κ2) is 4.39. The first-order chi connectivity index (χ1) is 5.83. The van der Waals surface area contributed by atoms with Crippen molar-refractivity contribution in [2.45, 2.75) is 51.7 Å². The molecule has 0 unspecified atom stereocenters. The summed E-state index contributed by atoms with van der Waals surface area (Å²) >= 11 is 0. The van der Waals surface area contributed by atoms with E-state index in [1.807, 2.05) is 0 Å². The molecular weight excluding hydrogens is 152 g/mol. The molecule has 0 saturated carbocycles. The molecule has 0 aromatic carbocycles. The Kier molecular flexibility index (Phi) is 3.45. The van der Waals surface area contributed by atoms with Crippen molar-refractivity contribution < 1.29 is 9.47 Å². The smallest absolute Gasteiger partial charge is 0.249 e. The molecule has 1 rings (SSSR count). The quantitative estimate of drug-likeness (QED) is 0.590. The van der Waals surface area contributed by atoms with Crippen LogP contribution in [0.15, 0.2) is 12.5 Å². The number of ether oxygens (including phenoxy) is 2. The summed E-state index contributed by atoms with van der Waals surface area (Å²) in [5, 5.41) is 0. The maximum Gasteiger partial charge on any atom is 0.249 e. The first kappa shape index (κ1) is 9.43. The molecule has 0 aliphatic carbocycles. The SMILES string of the molecule is CCCCCC1(CC)OC=CO1. The molecule has 70 valence electrons. The predicted molar refractivity (Wildman–Crippen MR) is 48.5 cm³/mol. The van der Waals surface area contributed by atoms with Crippen molar-refractivity contribution in [1.29, 1.82) is 0 Å². The molecule has 2 heteroatoms. The molecule has 0 fully saturated rings. The third kappa shape index (κ3) is 2.16. The Hall–Kier alpha value is -0.660. The van der Waals surface area contributed by atoms with Crippen LogP contribution in [0.3, 0.4) is 0 Å². The molecule has 0 atom stereocenters. The van der Waals surface area contributed by atoms with E-state index >= 15 is 0 Å². The van der Waals surface area contributed by atoms with Crippen molar-refractivity contribution >= 4 is 0 Å². The largest absolute Gasteiger partial charge is 0.457 e. The molecule has 0 N–H and O–H groups in total. The molecule has 0 amide bonds. The number of hydrogen-bond acceptors (Lipinski definition) is 2. The van der Waals surface area contributed by atoms with E-state index in [9.17, 15) is 0 Å². The zero-order chi connectivity index (χ0) is 8.86. The van der Waals surface area contributed by atoms with Gasteiger partial charge in [-0.15, -0.1) is 0 Å². The highest BCUT2D eigenvalue weighted by atomic mass is 16.7. The fourth-order valence-corrected chi connectivity index (χ4v) is 1.44. The average Bonchev–Trinajstić information content (AvgIpc) is 2.55. The lowest BCUT2D eigenvalue weighted by Crippen LogP contribution is -2.28. The lowest BCUT2D eigenvalue weighted by Gasteiger charge is -2.26. The summed E-state index contributed by atoms with van der Waals surface area (Å²) in [5.41, 5.74) is 0. The van der Waals surface area contributed by atoms with Gasteiger partial charge >= 0.3 is 0 Å². The summed E-state index contributed by atoms with van der Waals surface area (Å²) < 4.78 is 10.9. The van der Waals surface area contributed by atoms with Crippen molar-refractivity contribution in [3.63, 3.8) is 0 Å². The first-order valence-corrected chi connectivity index (χ1v) is 4.83. The van der Waals surface area contributed by atoms with Crippen molar-refractivity contribution in [3.05, 3.63) is 12.5 Å². The van der Waals surface area contributed by atoms with Gasteiger partial charge in [-0.05, 0) is 6.42 Å². The third-order valence-corrected chi connectivity index (χ3v) is 2.32. The van der Waals surface area contributed by atoms with Gasteiger partial charge in [-0.25, -0.2) is 0 Å². The minimum absolute atomic E-state index is 0.324. The summed E-state index contributed by atoms with van der Waals surface area (Å²) in [6.07, 6.45) is 8.91. The second-order valence-electron chi connectivity index (χ2n) is 3.23. The van der Waals surface area contributed by atoms with Crippen LogP contribution in [0.4, 0.5) is 0 Å². The average molecular weight is 170 g/mol. The van der Waals surface area contributed by atoms with Crippen molar-refractivity contribution in [2.24, 2.45) is 0 Å². The summed E-state index contributed by atoms with van der Waals surface area (Å²) in [6.45, 7) is 4.30. The Morgan fingerprint density at radius 1 is 1.08 bits per heavy atom. The van der Waals surface area contributed by atoms with Gasteiger partial charge in [0.15, 0.2) is 0 Å². The van der Waals surface area contributed by atoms with Crippen molar-refractivity contribution in [3.8, 4) is 0 Å². The highest BCUT2D eigenvalue weighted by Crippen LogP contribution is 2.29. The first-order valence-electron chi connectivity index (χ1n) is 4.83. The van der Waals surface area contributed by atoms with Crippen LogP contribution in [0.1, 0.15) is 46.0 Å². The Morgan fingerprint density at radius 2 is 1.75 bits per heavy atom. The third-order valence-electron chi connectivity index (χ3n) is 2.32. The van der Waals surface area contributed by atoms with Crippen molar-refractivity contribution in [2.75, 3.05) is 0 Å². The Morgan fingerprint density at radius 3 is 2.25 bits per heavy atom. The number of hydrogen-bond donors (Lipinski definition) is 0. The van der Waals surface area contributed by atoms with Crippen LogP contribution in [0.5, 0.6) is 0 Å². The van der Waals surface area contributed by atoms with Gasteiger partial charge in [0.2, 0.25) is 5.79 Å². The predicted octanol–water partition coefficient (Wildman–Crippen LogP) is 3.19. The van der Waals surface area contributed by atoms with Gasteiger partial charge in [0.25, 0.3) is 0 Å². The highest BCUT2D eigenvalue weighted by molar-refractivity contribution is 4.82. The van der Waals surface area contributed by atoms with Gasteiger partial charge in [0.05, 0.1) is 0 Å². The van der Waals surface area contributed by atoms with Crippen LogP contribution < -0.4 is 0 Å². The van der Waals surface area contributed by atoms with Crippen LogP contribution in [0.2, 0.25) is 0 Å². The van der Waals surface area contributed by atoms with E-state index in [1.165, 1.54) is 19.3 Å². The Labute approximate surface area is 74.6 Å². The molecule has 0 saturated heterocycles. The molecule has 0 bridgehead atoms. The van der Waals surface area contributed by atoms with E-state index < -0.39 is 0 Å². The molecule has 0 aromatic rings. The van der Waals surface area contributed by atoms with Crippen LogP contribution in [0, 0.1) is 0 Å². The zero-order valence-corrected chi connectivity index (χ0v) is 8.01. The van der Waals surface area contributed by atoms with Crippen molar-refractivity contribution in [1.82, 2.24) is 0 Å². The minimum atomic E-state index is -0.324. The van der Waals surface area contributed by atoms with Gasteiger partial charge in [-0.3, -0.25) is 0 Å². The molecule has 12 heavy (non-hydrogen) atoms. The molecule has 0 spiro atoms. The monoisotopic (exact) mass is 170 g/mol. The molecule has 1 aliphatic heterocycles. The second-order valence-corrected chi connectivity index (χ2v) is 3.23. The lowest BCUT2D eigenvalue weighted by atomic mass is 10.1. The number of unbranched alkanes of at least 4 members (excludes halogenated alkanes) is 2. The Balaban J connectivity index is 2.25. The molecule has 0 radical (unpaired) electrons. The van der Waals surface area contributed by atoms with Gasteiger partial charge in [0.1, 0.15) is 12.5 Å². The summed E-state index contributed by atoms with van der Waals surface area (Å²) in [5.74, 6) is -0.324. The van der Waals surface area contributed by atoms with E-state index in [4.69, 9.17) is 9.47 Å². The normalized spacial score (nSPS) is 18.8. The van der Waals surface area contributed by atoms with E-state index in [-0.39, 0.29) is 5.79 Å². The zero-order valence-electron chi connectivity index (χ0n) is 8.01. The summed E-state index contributed by atoms with van der Waals surface area (Å²) in [7, 11) is 0. The van der Waals surface area contributed by atoms with Crippen LogP contribution in [-0.2, 0) is 9.47 Å². The van der Waals surface area contributed by atoms with Crippen LogP contribution in [0.25, 0.3) is 0 Å². The summed E-state index contributed by atoms with van der Waals surface area (Å²) in [6, 6.07) is 0. The van der Waals surface area contributed by atoms with Gasteiger partial charge in [-0.1, -0.05) is 26.7 Å². The maximum atomic E-state index is 5.43. The van der Waals surface area contributed by atoms with Gasteiger partial charge in [0, 0.05) is 12.8 Å². The van der Waals surface area contributed by atoms with Gasteiger partial charge in [-0.2, -0.15) is 0 Å². The molecule has 1 aliphatic rings. The fourth-order valence-electron chi connectivity index (χ4n) is 1.44. The topological polar surface area (TPSA) is 18.5 Å². The fraction of sp³-hybridized carbons (Fsp3) is 0.800. The van der Waals surface area contributed by atoms with E-state index in [0.717, 1.165) is 12.8 Å². The molecule has 0 aromatic heterocycles. The van der Waals surface area contributed by atoms with Crippen LogP contribution in [-0.4, -0.2) is 5.79 Å². The standard InChI is InChI=1S/C10H18O2/c1-3-5-6-7-10(4-2)11-8-9-12-10/h8-9H,3-7H2,1-2H3. The molecule has 2 nitrogen and oxygen atoms in total. The highest BCUT2D eigenvalue weighted by Gasteiger charge is 2.32. The van der Waals surface area contributed by atoms with Crippen LogP contribution >= 0.6 is 0 Å². The lowest BCUT2D eigenvalue weighted by molar-refractivity contribution is -0.149. The number of rotatable bonds is 5. The molecular formula is C10H18O2. The van der Waals surface area contributed by atoms with E-state index in [0.29, 0.717) is 0 Å².